The van der Waals surface area contributed by atoms with Crippen LogP contribution in [0.2, 0.25) is 0 Å². The van der Waals surface area contributed by atoms with Crippen molar-refractivity contribution in [2.75, 3.05) is 18.5 Å². The SMILES string of the molecule is CCOC(C)(C)CNc1ccnc(C#N)c1. The number of pyridine rings is 1. The Kier molecular flexibility index (Phi) is 4.27. The predicted molar refractivity (Wildman–Crippen MR) is 63.1 cm³/mol. The summed E-state index contributed by atoms with van der Waals surface area (Å²) < 4.78 is 5.56. The van der Waals surface area contributed by atoms with Crippen molar-refractivity contribution in [2.45, 2.75) is 26.4 Å². The first-order valence-electron chi connectivity index (χ1n) is 5.31. The molecule has 4 heteroatoms. The number of nitriles is 1. The van der Waals surface area contributed by atoms with Gasteiger partial charge in [-0.15, -0.1) is 0 Å². The van der Waals surface area contributed by atoms with Crippen LogP contribution in [0.15, 0.2) is 18.3 Å². The van der Waals surface area contributed by atoms with Gasteiger partial charge in [0.25, 0.3) is 0 Å². The van der Waals surface area contributed by atoms with Gasteiger partial charge in [-0.25, -0.2) is 4.98 Å². The van der Waals surface area contributed by atoms with Gasteiger partial charge in [0.15, 0.2) is 0 Å². The van der Waals surface area contributed by atoms with Crippen LogP contribution in [-0.4, -0.2) is 23.7 Å². The van der Waals surface area contributed by atoms with E-state index in [1.807, 2.05) is 32.9 Å². The van der Waals surface area contributed by atoms with Crippen molar-refractivity contribution in [3.8, 4) is 6.07 Å². The second-order valence-electron chi connectivity index (χ2n) is 4.09. The summed E-state index contributed by atoms with van der Waals surface area (Å²) in [6, 6.07) is 5.57. The molecule has 0 radical (unpaired) electrons. The van der Waals surface area contributed by atoms with Gasteiger partial charge < -0.3 is 10.1 Å². The minimum atomic E-state index is -0.217. The summed E-state index contributed by atoms with van der Waals surface area (Å²) in [5, 5.41) is 11.9. The highest BCUT2D eigenvalue weighted by Gasteiger charge is 2.16. The summed E-state index contributed by atoms with van der Waals surface area (Å²) in [5.41, 5.74) is 1.09. The molecule has 0 saturated carbocycles. The average molecular weight is 219 g/mol. The van der Waals surface area contributed by atoms with Gasteiger partial charge in [0.2, 0.25) is 0 Å². The van der Waals surface area contributed by atoms with Crippen molar-refractivity contribution in [1.29, 1.82) is 5.26 Å². The van der Waals surface area contributed by atoms with Crippen LogP contribution >= 0.6 is 0 Å². The van der Waals surface area contributed by atoms with Crippen LogP contribution in [0.3, 0.4) is 0 Å². The maximum atomic E-state index is 8.71. The molecule has 1 aromatic rings. The summed E-state index contributed by atoms with van der Waals surface area (Å²) in [7, 11) is 0. The van der Waals surface area contributed by atoms with Gasteiger partial charge in [-0.3, -0.25) is 0 Å². The molecular weight excluding hydrogens is 202 g/mol. The molecule has 86 valence electrons. The zero-order chi connectivity index (χ0) is 12.0. The Morgan fingerprint density at radius 2 is 2.31 bits per heavy atom. The lowest BCUT2D eigenvalue weighted by Gasteiger charge is -2.25. The quantitative estimate of drug-likeness (QED) is 0.824. The molecule has 0 saturated heterocycles. The molecule has 1 heterocycles. The second-order valence-corrected chi connectivity index (χ2v) is 4.09. The smallest absolute Gasteiger partial charge is 0.142 e. The summed E-state index contributed by atoms with van der Waals surface area (Å²) in [5.74, 6) is 0. The van der Waals surface area contributed by atoms with Crippen LogP contribution in [0, 0.1) is 11.3 Å². The van der Waals surface area contributed by atoms with Gasteiger partial charge >= 0.3 is 0 Å². The van der Waals surface area contributed by atoms with Gasteiger partial charge in [0.05, 0.1) is 5.60 Å². The zero-order valence-electron chi connectivity index (χ0n) is 9.95. The largest absolute Gasteiger partial charge is 0.382 e. The first-order chi connectivity index (χ1) is 7.57. The molecule has 1 N–H and O–H groups in total. The van der Waals surface area contributed by atoms with Crippen LogP contribution in [0.25, 0.3) is 0 Å². The fourth-order valence-electron chi connectivity index (χ4n) is 1.36. The molecule has 1 rings (SSSR count). The Morgan fingerprint density at radius 1 is 1.56 bits per heavy atom. The van der Waals surface area contributed by atoms with Crippen molar-refractivity contribution in [1.82, 2.24) is 4.98 Å². The molecule has 16 heavy (non-hydrogen) atoms. The third kappa shape index (κ3) is 3.87. The third-order valence-electron chi connectivity index (χ3n) is 2.13. The maximum Gasteiger partial charge on any atom is 0.142 e. The number of hydrogen-bond donors (Lipinski definition) is 1. The summed E-state index contributed by atoms with van der Waals surface area (Å²) in [6.45, 7) is 7.40. The number of hydrogen-bond acceptors (Lipinski definition) is 4. The minimum absolute atomic E-state index is 0.217. The van der Waals surface area contributed by atoms with E-state index in [2.05, 4.69) is 10.3 Å². The van der Waals surface area contributed by atoms with Crippen LogP contribution in [0.5, 0.6) is 0 Å². The van der Waals surface area contributed by atoms with Crippen molar-refractivity contribution in [3.05, 3.63) is 24.0 Å². The molecule has 0 atom stereocenters. The highest BCUT2D eigenvalue weighted by molar-refractivity contribution is 5.46. The number of nitrogens with one attached hydrogen (secondary N) is 1. The lowest BCUT2D eigenvalue weighted by molar-refractivity contribution is 0.000697. The normalized spacial score (nSPS) is 10.9. The van der Waals surface area contributed by atoms with E-state index in [0.717, 1.165) is 5.69 Å². The number of nitrogens with zero attached hydrogens (tertiary/aromatic N) is 2. The van der Waals surface area contributed by atoms with E-state index in [1.54, 1.807) is 12.3 Å². The topological polar surface area (TPSA) is 57.9 Å². The fourth-order valence-corrected chi connectivity index (χ4v) is 1.36. The average Bonchev–Trinajstić information content (AvgIpc) is 2.27. The molecular formula is C12H17N3O. The molecule has 4 nitrogen and oxygen atoms in total. The Hall–Kier alpha value is -1.60. The van der Waals surface area contributed by atoms with Gasteiger partial charge in [0.1, 0.15) is 11.8 Å². The van der Waals surface area contributed by atoms with Gasteiger partial charge in [-0.05, 0) is 32.9 Å². The van der Waals surface area contributed by atoms with Crippen molar-refractivity contribution < 1.29 is 4.74 Å². The highest BCUT2D eigenvalue weighted by atomic mass is 16.5. The van der Waals surface area contributed by atoms with E-state index in [9.17, 15) is 0 Å². The lowest BCUT2D eigenvalue weighted by atomic mass is 10.1. The summed E-state index contributed by atoms with van der Waals surface area (Å²) in [4.78, 5) is 3.91. The zero-order valence-corrected chi connectivity index (χ0v) is 9.95. The highest BCUT2D eigenvalue weighted by Crippen LogP contribution is 2.12. The molecule has 0 aliphatic heterocycles. The Morgan fingerprint density at radius 3 is 2.94 bits per heavy atom. The van der Waals surface area contributed by atoms with Crippen molar-refractivity contribution in [3.63, 3.8) is 0 Å². The predicted octanol–water partition coefficient (Wildman–Crippen LogP) is 2.18. The van der Waals surface area contributed by atoms with E-state index >= 15 is 0 Å². The van der Waals surface area contributed by atoms with Gasteiger partial charge in [0, 0.05) is 25.0 Å². The maximum absolute atomic E-state index is 8.71. The minimum Gasteiger partial charge on any atom is -0.382 e. The van der Waals surface area contributed by atoms with Crippen LogP contribution in [-0.2, 0) is 4.74 Å². The fraction of sp³-hybridized carbons (Fsp3) is 0.500. The van der Waals surface area contributed by atoms with E-state index in [0.29, 0.717) is 18.8 Å². The molecule has 0 fully saturated rings. The Bertz CT molecular complexity index is 382. The number of aromatic nitrogens is 1. The van der Waals surface area contributed by atoms with Gasteiger partial charge in [-0.2, -0.15) is 5.26 Å². The molecule has 0 bridgehead atoms. The molecule has 0 aliphatic carbocycles. The van der Waals surface area contributed by atoms with Gasteiger partial charge in [-0.1, -0.05) is 0 Å². The number of rotatable bonds is 5. The summed E-state index contributed by atoms with van der Waals surface area (Å²) in [6.07, 6.45) is 1.62. The number of ether oxygens (including phenoxy) is 1. The van der Waals surface area contributed by atoms with E-state index in [-0.39, 0.29) is 5.60 Å². The lowest BCUT2D eigenvalue weighted by Crippen LogP contribution is -2.33. The third-order valence-corrected chi connectivity index (χ3v) is 2.13. The number of anilines is 1. The van der Waals surface area contributed by atoms with Crippen molar-refractivity contribution in [2.24, 2.45) is 0 Å². The Balaban J connectivity index is 2.58. The van der Waals surface area contributed by atoms with E-state index in [4.69, 9.17) is 10.00 Å². The van der Waals surface area contributed by atoms with Crippen LogP contribution in [0.4, 0.5) is 5.69 Å². The molecule has 1 aromatic heterocycles. The standard InChI is InChI=1S/C12H17N3O/c1-4-16-12(2,3)9-15-10-5-6-14-11(7-10)8-13/h5-7H,4,9H2,1-3H3,(H,14,15). The van der Waals surface area contributed by atoms with E-state index in [1.165, 1.54) is 0 Å². The molecule has 0 spiro atoms. The monoisotopic (exact) mass is 219 g/mol. The second kappa shape index (κ2) is 5.47. The van der Waals surface area contributed by atoms with Crippen LogP contribution in [0.1, 0.15) is 26.5 Å². The first kappa shape index (κ1) is 12.5. The molecule has 0 amide bonds. The Labute approximate surface area is 96.3 Å². The van der Waals surface area contributed by atoms with Crippen LogP contribution < -0.4 is 5.32 Å². The van der Waals surface area contributed by atoms with Crippen molar-refractivity contribution >= 4 is 5.69 Å². The first-order valence-corrected chi connectivity index (χ1v) is 5.31. The molecule has 0 aliphatic rings. The van der Waals surface area contributed by atoms with E-state index < -0.39 is 0 Å². The summed E-state index contributed by atoms with van der Waals surface area (Å²) >= 11 is 0. The molecule has 0 unspecified atom stereocenters. The molecule has 0 aromatic carbocycles.